The van der Waals surface area contributed by atoms with Crippen LogP contribution in [0.25, 0.3) is 0 Å². The Morgan fingerprint density at radius 2 is 1.70 bits per heavy atom. The molecule has 4 N–H and O–H groups in total. The van der Waals surface area contributed by atoms with Gasteiger partial charge in [0.15, 0.2) is 0 Å². The minimum atomic E-state index is -1.26. The fraction of sp³-hybridized carbons (Fsp3) is 0.304. The number of hydrogen-bond donors (Lipinski definition) is 4. The molecule has 0 bridgehead atoms. The molecule has 0 aliphatic carbocycles. The summed E-state index contributed by atoms with van der Waals surface area (Å²) in [5.74, 6) is 4.81. The molecule has 0 heterocycles. The molecule has 0 aromatic heterocycles. The van der Waals surface area contributed by atoms with Crippen molar-refractivity contribution in [3.8, 4) is 11.8 Å². The van der Waals surface area contributed by atoms with Crippen molar-refractivity contribution in [1.29, 1.82) is 0 Å². The monoisotopic (exact) mass is 411 g/mol. The standard InChI is InChI=1S/C22H25N3O4.CH4/c1-15(26)20(22(28)24-29)23-21(27)18-12-9-16(10-13-18)8-11-17-6-4-5-7-19(17)14-25(2)3;/h4-7,9-10,12-13,15,20,26,29H,14H2,1-3H3,(H,23,27)(H,24,28);1H4/t15-,20+;/m1./s1. The maximum atomic E-state index is 12.3. The first-order valence-electron chi connectivity index (χ1n) is 9.09. The zero-order valence-corrected chi connectivity index (χ0v) is 16.6. The van der Waals surface area contributed by atoms with Gasteiger partial charge in [-0.15, -0.1) is 0 Å². The molecule has 0 spiro atoms. The van der Waals surface area contributed by atoms with Gasteiger partial charge in [-0.2, -0.15) is 0 Å². The van der Waals surface area contributed by atoms with Gasteiger partial charge in [0.1, 0.15) is 6.04 Å². The first-order valence-corrected chi connectivity index (χ1v) is 9.09. The van der Waals surface area contributed by atoms with Gasteiger partial charge in [0, 0.05) is 23.2 Å². The molecular weight excluding hydrogens is 382 g/mol. The van der Waals surface area contributed by atoms with E-state index in [2.05, 4.69) is 22.1 Å². The van der Waals surface area contributed by atoms with E-state index in [0.717, 1.165) is 23.2 Å². The number of carbonyl (C=O) groups excluding carboxylic acids is 2. The van der Waals surface area contributed by atoms with E-state index in [1.807, 2.05) is 38.4 Å². The highest BCUT2D eigenvalue weighted by molar-refractivity contribution is 5.97. The highest BCUT2D eigenvalue weighted by atomic mass is 16.5. The van der Waals surface area contributed by atoms with E-state index in [4.69, 9.17) is 5.21 Å². The van der Waals surface area contributed by atoms with Crippen LogP contribution in [0.5, 0.6) is 0 Å². The van der Waals surface area contributed by atoms with Gasteiger partial charge in [0.05, 0.1) is 6.10 Å². The van der Waals surface area contributed by atoms with Crippen LogP contribution in [-0.2, 0) is 11.3 Å². The molecule has 0 aliphatic heterocycles. The van der Waals surface area contributed by atoms with Crippen molar-refractivity contribution in [2.75, 3.05) is 14.1 Å². The molecule has 0 fully saturated rings. The number of benzene rings is 2. The average molecular weight is 412 g/mol. The van der Waals surface area contributed by atoms with Crippen molar-refractivity contribution in [1.82, 2.24) is 15.7 Å². The number of amides is 2. The average Bonchev–Trinajstić information content (AvgIpc) is 2.70. The Hall–Kier alpha value is -3.18. The second-order valence-corrected chi connectivity index (χ2v) is 6.89. The number of rotatable bonds is 6. The van der Waals surface area contributed by atoms with Gasteiger partial charge in [-0.3, -0.25) is 14.8 Å². The largest absolute Gasteiger partial charge is 0.391 e. The molecule has 7 nitrogen and oxygen atoms in total. The van der Waals surface area contributed by atoms with Crippen LogP contribution in [0.4, 0.5) is 0 Å². The summed E-state index contributed by atoms with van der Waals surface area (Å²) in [6.45, 7) is 2.13. The third-order valence-corrected chi connectivity index (χ3v) is 4.15. The van der Waals surface area contributed by atoms with Crippen molar-refractivity contribution in [3.05, 3.63) is 70.8 Å². The number of aliphatic hydroxyl groups excluding tert-OH is 1. The molecule has 0 aliphatic rings. The van der Waals surface area contributed by atoms with Gasteiger partial charge in [-0.1, -0.05) is 37.5 Å². The Morgan fingerprint density at radius 1 is 1.07 bits per heavy atom. The van der Waals surface area contributed by atoms with Gasteiger partial charge in [0.25, 0.3) is 11.8 Å². The van der Waals surface area contributed by atoms with Crippen LogP contribution >= 0.6 is 0 Å². The molecule has 2 amide bonds. The number of carbonyl (C=O) groups is 2. The summed E-state index contributed by atoms with van der Waals surface area (Å²) in [5.41, 5.74) is 4.54. The number of hydroxylamine groups is 1. The summed E-state index contributed by atoms with van der Waals surface area (Å²) >= 11 is 0. The minimum Gasteiger partial charge on any atom is -0.391 e. The van der Waals surface area contributed by atoms with Crippen molar-refractivity contribution in [3.63, 3.8) is 0 Å². The van der Waals surface area contributed by atoms with Gasteiger partial charge >= 0.3 is 0 Å². The van der Waals surface area contributed by atoms with Crippen LogP contribution in [0.3, 0.4) is 0 Å². The second kappa shape index (κ2) is 11.7. The van der Waals surface area contributed by atoms with E-state index in [1.165, 1.54) is 12.4 Å². The molecule has 0 saturated heterocycles. The number of nitrogens with zero attached hydrogens (tertiary/aromatic N) is 1. The Labute approximate surface area is 177 Å². The molecule has 2 aromatic rings. The van der Waals surface area contributed by atoms with Gasteiger partial charge in [0.2, 0.25) is 0 Å². The summed E-state index contributed by atoms with van der Waals surface area (Å²) in [7, 11) is 4.00. The normalized spacial score (nSPS) is 12.1. The van der Waals surface area contributed by atoms with E-state index in [9.17, 15) is 14.7 Å². The van der Waals surface area contributed by atoms with Gasteiger partial charge in [-0.25, -0.2) is 5.48 Å². The first kappa shape index (κ1) is 24.9. The maximum Gasteiger partial charge on any atom is 0.268 e. The minimum absolute atomic E-state index is 0. The van der Waals surface area contributed by atoms with E-state index in [1.54, 1.807) is 24.3 Å². The molecule has 2 aromatic carbocycles. The number of aliphatic hydroxyl groups is 1. The third-order valence-electron chi connectivity index (χ3n) is 4.15. The number of hydrogen-bond acceptors (Lipinski definition) is 5. The quantitative estimate of drug-likeness (QED) is 0.330. The Balaban J connectivity index is 0.00000450. The lowest BCUT2D eigenvalue weighted by Crippen LogP contribution is -2.51. The van der Waals surface area contributed by atoms with Crippen LogP contribution in [-0.4, -0.2) is 53.3 Å². The van der Waals surface area contributed by atoms with Crippen LogP contribution in [0.15, 0.2) is 48.5 Å². The van der Waals surface area contributed by atoms with Crippen molar-refractivity contribution < 1.29 is 19.9 Å². The van der Waals surface area contributed by atoms with E-state index in [0.29, 0.717) is 5.56 Å². The molecular formula is C23H29N3O4. The zero-order chi connectivity index (χ0) is 21.4. The summed E-state index contributed by atoms with van der Waals surface area (Å²) in [5, 5.41) is 20.7. The van der Waals surface area contributed by atoms with Crippen molar-refractivity contribution >= 4 is 11.8 Å². The summed E-state index contributed by atoms with van der Waals surface area (Å²) in [6, 6.07) is 13.3. The molecule has 0 unspecified atom stereocenters. The maximum absolute atomic E-state index is 12.3. The van der Waals surface area contributed by atoms with Crippen LogP contribution in [0.2, 0.25) is 0 Å². The van der Waals surface area contributed by atoms with Gasteiger partial charge < -0.3 is 15.3 Å². The lowest BCUT2D eigenvalue weighted by Gasteiger charge is -2.19. The van der Waals surface area contributed by atoms with Gasteiger partial charge in [-0.05, 0) is 56.9 Å². The Morgan fingerprint density at radius 3 is 2.27 bits per heavy atom. The molecule has 0 radical (unpaired) electrons. The molecule has 160 valence electrons. The first-order chi connectivity index (χ1) is 13.8. The van der Waals surface area contributed by atoms with Crippen molar-refractivity contribution in [2.45, 2.75) is 33.0 Å². The topological polar surface area (TPSA) is 102 Å². The van der Waals surface area contributed by atoms with E-state index >= 15 is 0 Å². The third kappa shape index (κ3) is 7.01. The molecule has 30 heavy (non-hydrogen) atoms. The molecule has 0 saturated carbocycles. The Kier molecular flexibility index (Phi) is 9.72. The van der Waals surface area contributed by atoms with Crippen molar-refractivity contribution in [2.24, 2.45) is 0 Å². The molecule has 7 heteroatoms. The second-order valence-electron chi connectivity index (χ2n) is 6.89. The highest BCUT2D eigenvalue weighted by Crippen LogP contribution is 2.10. The summed E-state index contributed by atoms with van der Waals surface area (Å²) < 4.78 is 0. The van der Waals surface area contributed by atoms with Crippen LogP contribution < -0.4 is 10.8 Å². The van der Waals surface area contributed by atoms with E-state index in [-0.39, 0.29) is 7.43 Å². The lowest BCUT2D eigenvalue weighted by atomic mass is 10.1. The smallest absolute Gasteiger partial charge is 0.268 e. The zero-order valence-electron chi connectivity index (χ0n) is 16.6. The fourth-order valence-electron chi connectivity index (χ4n) is 2.66. The van der Waals surface area contributed by atoms with Crippen LogP contribution in [0.1, 0.15) is 41.4 Å². The molecule has 2 rings (SSSR count). The molecule has 2 atom stereocenters. The highest BCUT2D eigenvalue weighted by Gasteiger charge is 2.25. The number of nitrogens with one attached hydrogen (secondary N) is 2. The fourth-order valence-corrected chi connectivity index (χ4v) is 2.66. The summed E-state index contributed by atoms with van der Waals surface area (Å²) in [6.07, 6.45) is -1.17. The predicted octanol–water partition coefficient (Wildman–Crippen LogP) is 1.77. The SMILES string of the molecule is C.C[C@@H](O)[C@H](NC(=O)c1ccc(C#Cc2ccccc2CN(C)C)cc1)C(=O)NO. The Bertz CT molecular complexity index is 912. The lowest BCUT2D eigenvalue weighted by molar-refractivity contribution is -0.133. The summed E-state index contributed by atoms with van der Waals surface area (Å²) in [4.78, 5) is 25.9. The van der Waals surface area contributed by atoms with Crippen LogP contribution in [0, 0.1) is 11.8 Å². The van der Waals surface area contributed by atoms with E-state index < -0.39 is 24.0 Å². The predicted molar refractivity (Wildman–Crippen MR) is 116 cm³/mol.